The van der Waals surface area contributed by atoms with Gasteiger partial charge in [0.2, 0.25) is 0 Å². The Kier molecular flexibility index (Phi) is 4.05. The summed E-state index contributed by atoms with van der Waals surface area (Å²) in [4.78, 5) is 2.59. The number of hydrogen-bond acceptors (Lipinski definition) is 3. The molecule has 2 nitrogen and oxygen atoms in total. The predicted molar refractivity (Wildman–Crippen MR) is 92.1 cm³/mol. The third-order valence-electron chi connectivity index (χ3n) is 4.61. The van der Waals surface area contributed by atoms with E-state index in [1.54, 1.807) is 11.3 Å². The van der Waals surface area contributed by atoms with E-state index in [0.29, 0.717) is 12.0 Å². The van der Waals surface area contributed by atoms with Gasteiger partial charge in [0.15, 0.2) is 0 Å². The van der Waals surface area contributed by atoms with E-state index in [1.165, 1.54) is 11.3 Å². The molecule has 0 aliphatic carbocycles. The molecule has 0 radical (unpaired) electrons. The van der Waals surface area contributed by atoms with Crippen molar-refractivity contribution < 1.29 is 0 Å². The van der Waals surface area contributed by atoms with Gasteiger partial charge in [0.05, 0.1) is 5.54 Å². The number of nitrogens with zero attached hydrogens (tertiary/aromatic N) is 1. The fourth-order valence-corrected chi connectivity index (χ4v) is 3.90. The number of benzene rings is 1. The first-order valence-electron chi connectivity index (χ1n) is 7.69. The lowest BCUT2D eigenvalue weighted by Gasteiger charge is -2.48. The highest BCUT2D eigenvalue weighted by Crippen LogP contribution is 2.33. The molecule has 1 aromatic heterocycles. The topological polar surface area (TPSA) is 15.3 Å². The molecule has 112 valence electrons. The second-order valence-electron chi connectivity index (χ2n) is 6.50. The van der Waals surface area contributed by atoms with E-state index in [2.05, 4.69) is 78.1 Å². The Hall–Kier alpha value is -1.32. The maximum Gasteiger partial charge on any atom is 0.0584 e. The number of piperazine rings is 1. The lowest BCUT2D eigenvalue weighted by Crippen LogP contribution is -2.62. The molecule has 2 atom stereocenters. The van der Waals surface area contributed by atoms with Crippen LogP contribution in [0.25, 0.3) is 0 Å². The summed E-state index contributed by atoms with van der Waals surface area (Å²) in [6.07, 6.45) is 0. The van der Waals surface area contributed by atoms with Gasteiger partial charge < -0.3 is 10.2 Å². The van der Waals surface area contributed by atoms with Crippen LogP contribution in [0.2, 0.25) is 0 Å². The van der Waals surface area contributed by atoms with E-state index in [0.717, 1.165) is 13.1 Å². The fraction of sp³-hybridized carbons (Fsp3) is 0.444. The average Bonchev–Trinajstić information content (AvgIpc) is 3.02. The van der Waals surface area contributed by atoms with Gasteiger partial charge >= 0.3 is 0 Å². The van der Waals surface area contributed by atoms with E-state index >= 15 is 0 Å². The molecule has 21 heavy (non-hydrogen) atoms. The molecular formula is C18H24N2S. The van der Waals surface area contributed by atoms with E-state index < -0.39 is 0 Å². The van der Waals surface area contributed by atoms with Crippen molar-refractivity contribution in [3.63, 3.8) is 0 Å². The van der Waals surface area contributed by atoms with Crippen LogP contribution < -0.4 is 10.2 Å². The Morgan fingerprint density at radius 3 is 2.62 bits per heavy atom. The van der Waals surface area contributed by atoms with Crippen molar-refractivity contribution in [2.75, 3.05) is 18.0 Å². The van der Waals surface area contributed by atoms with E-state index in [4.69, 9.17) is 0 Å². The summed E-state index contributed by atoms with van der Waals surface area (Å²) in [6.45, 7) is 8.99. The Morgan fingerprint density at radius 2 is 2.00 bits per heavy atom. The molecular weight excluding hydrogens is 276 g/mol. The maximum absolute atomic E-state index is 3.80. The number of anilines is 1. The van der Waals surface area contributed by atoms with Crippen molar-refractivity contribution in [2.24, 2.45) is 5.92 Å². The van der Waals surface area contributed by atoms with Crippen LogP contribution >= 0.6 is 11.3 Å². The summed E-state index contributed by atoms with van der Waals surface area (Å²) in [5, 5.41) is 8.24. The first-order valence-corrected chi connectivity index (χ1v) is 8.64. The van der Waals surface area contributed by atoms with Gasteiger partial charge in [-0.3, -0.25) is 0 Å². The normalized spacial score (nSPS) is 26.3. The Bertz CT molecular complexity index is 564. The monoisotopic (exact) mass is 300 g/mol. The van der Waals surface area contributed by atoms with Gasteiger partial charge in [-0.25, -0.2) is 0 Å². The zero-order valence-electron chi connectivity index (χ0n) is 13.0. The molecule has 0 spiro atoms. The minimum Gasteiger partial charge on any atom is -0.364 e. The zero-order chi connectivity index (χ0) is 14.9. The van der Waals surface area contributed by atoms with E-state index in [-0.39, 0.29) is 5.54 Å². The molecule has 1 aromatic carbocycles. The summed E-state index contributed by atoms with van der Waals surface area (Å²) in [5.41, 5.74) is 2.74. The van der Waals surface area contributed by atoms with Crippen molar-refractivity contribution in [3.8, 4) is 0 Å². The van der Waals surface area contributed by atoms with Crippen LogP contribution in [0, 0.1) is 5.92 Å². The lowest BCUT2D eigenvalue weighted by atomic mass is 9.86. The highest BCUT2D eigenvalue weighted by Gasteiger charge is 2.38. The minimum absolute atomic E-state index is 0.00852. The van der Waals surface area contributed by atoms with Crippen molar-refractivity contribution in [2.45, 2.75) is 32.4 Å². The van der Waals surface area contributed by atoms with Crippen LogP contribution in [0.5, 0.6) is 0 Å². The highest BCUT2D eigenvalue weighted by atomic mass is 32.1. The van der Waals surface area contributed by atoms with Gasteiger partial charge in [-0.05, 0) is 29.9 Å². The predicted octanol–water partition coefficient (Wildman–Crippen LogP) is 4.10. The maximum atomic E-state index is 3.80. The van der Waals surface area contributed by atoms with E-state index in [1.807, 2.05) is 0 Å². The summed E-state index contributed by atoms with van der Waals surface area (Å²) >= 11 is 1.78. The molecule has 3 heteroatoms. The molecule has 2 heterocycles. The summed E-state index contributed by atoms with van der Waals surface area (Å²) in [7, 11) is 0. The summed E-state index contributed by atoms with van der Waals surface area (Å²) in [5.74, 6) is 0.637. The van der Waals surface area contributed by atoms with Crippen LogP contribution in [0.4, 0.5) is 5.69 Å². The number of rotatable bonds is 3. The molecule has 1 aliphatic heterocycles. The van der Waals surface area contributed by atoms with Crippen molar-refractivity contribution >= 4 is 17.0 Å². The van der Waals surface area contributed by atoms with Crippen molar-refractivity contribution in [1.29, 1.82) is 0 Å². The SMILES string of the molecule is CC(C)C1CNC(C)(c2ccccc2)CN1c1ccsc1. The van der Waals surface area contributed by atoms with Gasteiger partial charge in [0.25, 0.3) is 0 Å². The molecule has 0 saturated carbocycles. The van der Waals surface area contributed by atoms with Crippen LogP contribution in [-0.4, -0.2) is 19.1 Å². The van der Waals surface area contributed by atoms with Gasteiger partial charge in [-0.1, -0.05) is 44.2 Å². The summed E-state index contributed by atoms with van der Waals surface area (Å²) in [6, 6.07) is 13.6. The standard InChI is InChI=1S/C18H24N2S/c1-14(2)17-11-19-18(3,15-7-5-4-6-8-15)13-20(17)16-9-10-21-12-16/h4-10,12,14,17,19H,11,13H2,1-3H3. The van der Waals surface area contributed by atoms with Gasteiger partial charge in [0, 0.05) is 30.2 Å². The van der Waals surface area contributed by atoms with Crippen LogP contribution in [0.15, 0.2) is 47.2 Å². The van der Waals surface area contributed by atoms with Crippen LogP contribution in [0.3, 0.4) is 0 Å². The number of nitrogens with one attached hydrogen (secondary N) is 1. The molecule has 0 amide bonds. The first kappa shape index (κ1) is 14.6. The fourth-order valence-electron chi connectivity index (χ4n) is 3.25. The molecule has 3 rings (SSSR count). The second kappa shape index (κ2) is 5.82. The molecule has 1 saturated heterocycles. The van der Waals surface area contributed by atoms with Gasteiger partial charge in [-0.15, -0.1) is 0 Å². The molecule has 0 bridgehead atoms. The quantitative estimate of drug-likeness (QED) is 0.918. The average molecular weight is 300 g/mol. The Balaban J connectivity index is 1.92. The summed E-state index contributed by atoms with van der Waals surface area (Å²) < 4.78 is 0. The molecule has 1 fully saturated rings. The third-order valence-corrected chi connectivity index (χ3v) is 5.28. The molecule has 1 aliphatic rings. The molecule has 1 N–H and O–H groups in total. The lowest BCUT2D eigenvalue weighted by molar-refractivity contribution is 0.262. The first-order chi connectivity index (χ1) is 10.1. The van der Waals surface area contributed by atoms with Crippen molar-refractivity contribution in [1.82, 2.24) is 5.32 Å². The van der Waals surface area contributed by atoms with Gasteiger partial charge in [-0.2, -0.15) is 11.3 Å². The number of thiophene rings is 1. The largest absolute Gasteiger partial charge is 0.364 e. The molecule has 2 aromatic rings. The third kappa shape index (κ3) is 2.85. The Labute approximate surface area is 131 Å². The van der Waals surface area contributed by atoms with Crippen LogP contribution in [0.1, 0.15) is 26.3 Å². The zero-order valence-corrected chi connectivity index (χ0v) is 13.9. The highest BCUT2D eigenvalue weighted by molar-refractivity contribution is 7.08. The number of hydrogen-bond donors (Lipinski definition) is 1. The van der Waals surface area contributed by atoms with Crippen molar-refractivity contribution in [3.05, 3.63) is 52.7 Å². The molecule has 2 unspecified atom stereocenters. The van der Waals surface area contributed by atoms with Crippen LogP contribution in [-0.2, 0) is 5.54 Å². The second-order valence-corrected chi connectivity index (χ2v) is 7.28. The van der Waals surface area contributed by atoms with E-state index in [9.17, 15) is 0 Å². The Morgan fingerprint density at radius 1 is 1.24 bits per heavy atom. The van der Waals surface area contributed by atoms with Gasteiger partial charge in [0.1, 0.15) is 0 Å². The smallest absolute Gasteiger partial charge is 0.0584 e. The minimum atomic E-state index is 0.00852.